The molecule has 0 bridgehead atoms. The Morgan fingerprint density at radius 2 is 2.12 bits per heavy atom. The Labute approximate surface area is 105 Å². The summed E-state index contributed by atoms with van der Waals surface area (Å²) in [5.41, 5.74) is 2.75. The summed E-state index contributed by atoms with van der Waals surface area (Å²) in [5, 5.41) is 3.67. The molecule has 2 heteroatoms. The molecule has 0 radical (unpaired) electrons. The lowest BCUT2D eigenvalue weighted by Gasteiger charge is -2.18. The standard InChI is InChI=1S/C15H24N2/c1-11-8-15(3,4)9-14(11)16-10-13-7-5-6-12(2)17-13/h5-7,11,14,16H,8-10H2,1-4H3. The Morgan fingerprint density at radius 3 is 2.71 bits per heavy atom. The fourth-order valence-electron chi connectivity index (χ4n) is 3.10. The summed E-state index contributed by atoms with van der Waals surface area (Å²) in [5.74, 6) is 0.773. The minimum absolute atomic E-state index is 0.497. The molecule has 0 aliphatic heterocycles. The summed E-state index contributed by atoms with van der Waals surface area (Å²) in [6, 6.07) is 6.88. The number of nitrogens with one attached hydrogen (secondary N) is 1. The van der Waals surface area contributed by atoms with Gasteiger partial charge in [-0.2, -0.15) is 0 Å². The van der Waals surface area contributed by atoms with Gasteiger partial charge in [-0.15, -0.1) is 0 Å². The number of aromatic nitrogens is 1. The molecule has 2 atom stereocenters. The van der Waals surface area contributed by atoms with Crippen LogP contribution in [0, 0.1) is 18.3 Å². The molecular weight excluding hydrogens is 208 g/mol. The van der Waals surface area contributed by atoms with Gasteiger partial charge in [0.15, 0.2) is 0 Å². The summed E-state index contributed by atoms with van der Waals surface area (Å²) in [4.78, 5) is 4.53. The maximum atomic E-state index is 4.53. The second-order valence-electron chi connectivity index (χ2n) is 6.31. The molecule has 1 N–H and O–H groups in total. The zero-order valence-corrected chi connectivity index (χ0v) is 11.5. The Morgan fingerprint density at radius 1 is 1.35 bits per heavy atom. The van der Waals surface area contributed by atoms with Crippen molar-refractivity contribution in [2.24, 2.45) is 11.3 Å². The molecule has 17 heavy (non-hydrogen) atoms. The fraction of sp³-hybridized carbons (Fsp3) is 0.667. The largest absolute Gasteiger partial charge is 0.308 e. The smallest absolute Gasteiger partial charge is 0.0544 e. The lowest BCUT2D eigenvalue weighted by atomic mass is 9.91. The summed E-state index contributed by atoms with van der Waals surface area (Å²) in [6.45, 7) is 10.0. The van der Waals surface area contributed by atoms with Crippen LogP contribution in [0.3, 0.4) is 0 Å². The van der Waals surface area contributed by atoms with E-state index in [4.69, 9.17) is 0 Å². The second-order valence-corrected chi connectivity index (χ2v) is 6.31. The van der Waals surface area contributed by atoms with Gasteiger partial charge in [-0.1, -0.05) is 26.8 Å². The minimum Gasteiger partial charge on any atom is -0.308 e. The van der Waals surface area contributed by atoms with E-state index in [1.54, 1.807) is 0 Å². The third-order valence-corrected chi connectivity index (χ3v) is 3.83. The number of nitrogens with zero attached hydrogens (tertiary/aromatic N) is 1. The molecule has 1 aliphatic carbocycles. The van der Waals surface area contributed by atoms with Crippen molar-refractivity contribution in [1.29, 1.82) is 0 Å². The predicted molar refractivity (Wildman–Crippen MR) is 71.8 cm³/mol. The van der Waals surface area contributed by atoms with Gasteiger partial charge < -0.3 is 5.32 Å². The SMILES string of the molecule is Cc1cccc(CNC2CC(C)(C)CC2C)n1. The number of aryl methyl sites for hydroxylation is 1. The molecule has 94 valence electrons. The molecule has 1 saturated carbocycles. The van der Waals surface area contributed by atoms with Crippen LogP contribution < -0.4 is 5.32 Å². The lowest BCUT2D eigenvalue weighted by Crippen LogP contribution is -2.31. The van der Waals surface area contributed by atoms with Gasteiger partial charge in [0.05, 0.1) is 5.69 Å². The average molecular weight is 232 g/mol. The summed E-state index contributed by atoms with van der Waals surface area (Å²) < 4.78 is 0. The number of hydrogen-bond acceptors (Lipinski definition) is 2. The van der Waals surface area contributed by atoms with E-state index in [2.05, 4.69) is 43.2 Å². The van der Waals surface area contributed by atoms with Crippen LogP contribution in [-0.2, 0) is 6.54 Å². The summed E-state index contributed by atoms with van der Waals surface area (Å²) in [7, 11) is 0. The van der Waals surface area contributed by atoms with Gasteiger partial charge in [0, 0.05) is 18.3 Å². The molecule has 2 rings (SSSR count). The van der Waals surface area contributed by atoms with E-state index >= 15 is 0 Å². The second kappa shape index (κ2) is 4.77. The first-order chi connectivity index (χ1) is 7.96. The predicted octanol–water partition coefficient (Wildman–Crippen LogP) is 3.30. The van der Waals surface area contributed by atoms with Crippen molar-refractivity contribution < 1.29 is 0 Å². The zero-order chi connectivity index (χ0) is 12.5. The Bertz CT molecular complexity index is 384. The van der Waals surface area contributed by atoms with Crippen LogP contribution in [-0.4, -0.2) is 11.0 Å². The number of pyridine rings is 1. The normalized spacial score (nSPS) is 27.3. The van der Waals surface area contributed by atoms with Crippen LogP contribution >= 0.6 is 0 Å². The first kappa shape index (κ1) is 12.6. The molecule has 0 amide bonds. The molecule has 1 aromatic rings. The molecule has 1 aliphatic rings. The average Bonchev–Trinajstić information content (AvgIpc) is 2.49. The van der Waals surface area contributed by atoms with Crippen molar-refractivity contribution in [1.82, 2.24) is 10.3 Å². The van der Waals surface area contributed by atoms with Crippen molar-refractivity contribution in [3.8, 4) is 0 Å². The van der Waals surface area contributed by atoms with E-state index in [1.807, 2.05) is 13.0 Å². The maximum Gasteiger partial charge on any atom is 0.0544 e. The van der Waals surface area contributed by atoms with E-state index < -0.39 is 0 Å². The van der Waals surface area contributed by atoms with Crippen molar-refractivity contribution >= 4 is 0 Å². The Hall–Kier alpha value is -0.890. The van der Waals surface area contributed by atoms with Crippen LogP contribution in [0.25, 0.3) is 0 Å². The fourth-order valence-corrected chi connectivity index (χ4v) is 3.10. The van der Waals surface area contributed by atoms with Crippen molar-refractivity contribution in [3.05, 3.63) is 29.6 Å². The number of rotatable bonds is 3. The van der Waals surface area contributed by atoms with Crippen LogP contribution in [0.5, 0.6) is 0 Å². The van der Waals surface area contributed by atoms with Crippen LogP contribution in [0.1, 0.15) is 45.0 Å². The van der Waals surface area contributed by atoms with Gasteiger partial charge in [0.25, 0.3) is 0 Å². The van der Waals surface area contributed by atoms with E-state index in [-0.39, 0.29) is 0 Å². The van der Waals surface area contributed by atoms with Gasteiger partial charge in [0.2, 0.25) is 0 Å². The van der Waals surface area contributed by atoms with E-state index in [0.717, 1.165) is 23.9 Å². The first-order valence-corrected chi connectivity index (χ1v) is 6.62. The highest BCUT2D eigenvalue weighted by Crippen LogP contribution is 2.40. The minimum atomic E-state index is 0.497. The topological polar surface area (TPSA) is 24.9 Å². The van der Waals surface area contributed by atoms with E-state index in [9.17, 15) is 0 Å². The quantitative estimate of drug-likeness (QED) is 0.865. The lowest BCUT2D eigenvalue weighted by molar-refractivity contribution is 0.362. The molecule has 1 fully saturated rings. The molecular formula is C15H24N2. The Balaban J connectivity index is 1.91. The van der Waals surface area contributed by atoms with Gasteiger partial charge in [0.1, 0.15) is 0 Å². The molecule has 1 heterocycles. The molecule has 0 saturated heterocycles. The van der Waals surface area contributed by atoms with Gasteiger partial charge >= 0.3 is 0 Å². The first-order valence-electron chi connectivity index (χ1n) is 6.62. The summed E-state index contributed by atoms with van der Waals surface area (Å²) >= 11 is 0. The highest BCUT2D eigenvalue weighted by Gasteiger charge is 2.36. The molecule has 1 aromatic heterocycles. The van der Waals surface area contributed by atoms with Gasteiger partial charge in [-0.25, -0.2) is 0 Å². The zero-order valence-electron chi connectivity index (χ0n) is 11.5. The van der Waals surface area contributed by atoms with Gasteiger partial charge in [-0.05, 0) is 43.2 Å². The van der Waals surface area contributed by atoms with Crippen molar-refractivity contribution in [2.45, 2.75) is 53.1 Å². The highest BCUT2D eigenvalue weighted by atomic mass is 14.9. The Kier molecular flexibility index (Phi) is 3.53. The van der Waals surface area contributed by atoms with Crippen molar-refractivity contribution in [3.63, 3.8) is 0 Å². The monoisotopic (exact) mass is 232 g/mol. The van der Waals surface area contributed by atoms with Crippen LogP contribution in [0.15, 0.2) is 18.2 Å². The molecule has 0 spiro atoms. The van der Waals surface area contributed by atoms with E-state index in [0.29, 0.717) is 11.5 Å². The maximum absolute atomic E-state index is 4.53. The number of hydrogen-bond donors (Lipinski definition) is 1. The molecule has 2 nitrogen and oxygen atoms in total. The van der Waals surface area contributed by atoms with Crippen molar-refractivity contribution in [2.75, 3.05) is 0 Å². The highest BCUT2D eigenvalue weighted by molar-refractivity contribution is 5.10. The molecule has 2 unspecified atom stereocenters. The molecule has 0 aromatic carbocycles. The third-order valence-electron chi connectivity index (χ3n) is 3.83. The van der Waals surface area contributed by atoms with Crippen LogP contribution in [0.2, 0.25) is 0 Å². The van der Waals surface area contributed by atoms with Gasteiger partial charge in [-0.3, -0.25) is 4.98 Å². The summed E-state index contributed by atoms with van der Waals surface area (Å²) in [6.07, 6.45) is 2.60. The van der Waals surface area contributed by atoms with Crippen LogP contribution in [0.4, 0.5) is 0 Å². The third kappa shape index (κ3) is 3.29. The van der Waals surface area contributed by atoms with E-state index in [1.165, 1.54) is 12.8 Å².